The molecule has 0 aliphatic heterocycles. The number of pyridine rings is 1. The lowest BCUT2D eigenvalue weighted by Gasteiger charge is -2.01. The number of benzene rings is 1. The van der Waals surface area contributed by atoms with Crippen molar-refractivity contribution in [3.05, 3.63) is 35.1 Å². The summed E-state index contributed by atoms with van der Waals surface area (Å²) in [5, 5.41) is 1.57. The lowest BCUT2D eigenvalue weighted by molar-refractivity contribution is -1.62. The van der Waals surface area contributed by atoms with Crippen LogP contribution in [0.2, 0.25) is 0 Å². The Hall–Kier alpha value is -0.440. The van der Waals surface area contributed by atoms with E-state index in [1.54, 1.807) is 24.5 Å². The molecule has 0 spiro atoms. The number of aromatic nitrogens is 1. The highest BCUT2D eigenvalue weighted by Gasteiger charge is 2.17. The maximum Gasteiger partial charge on any atom is 0.570 e. The quantitative estimate of drug-likeness (QED) is 0.538. The molecule has 0 radical (unpaired) electrons. The second-order valence-corrected chi connectivity index (χ2v) is 5.20. The fourth-order valence-electron chi connectivity index (χ4n) is 1.27. The van der Waals surface area contributed by atoms with Gasteiger partial charge < -0.3 is 6.87 Å². The van der Waals surface area contributed by atoms with Crippen molar-refractivity contribution in [1.82, 2.24) is 4.98 Å². The number of halogens is 2. The fourth-order valence-corrected chi connectivity index (χ4v) is 2.48. The van der Waals surface area contributed by atoms with Crippen LogP contribution >= 0.6 is 15.9 Å². The summed E-state index contributed by atoms with van der Waals surface area (Å²) in [6.07, 6.45) is 3.25. The first-order chi connectivity index (χ1) is 7.16. The third-order valence-electron chi connectivity index (χ3n) is 1.83. The Balaban J connectivity index is 2.60. The largest absolute Gasteiger partial charge is 0.570 e. The molecule has 0 saturated carbocycles. The van der Waals surface area contributed by atoms with Crippen LogP contribution in [0.25, 0.3) is 10.8 Å². The topological polar surface area (TPSA) is 68.2 Å². The Morgan fingerprint density at radius 1 is 1.33 bits per heavy atom. The molecule has 1 aromatic heterocycles. The van der Waals surface area contributed by atoms with E-state index in [9.17, 15) is 6.87 Å². The van der Waals surface area contributed by atoms with Crippen LogP contribution in [0.3, 0.4) is 0 Å². The van der Waals surface area contributed by atoms with Gasteiger partial charge in [0.2, 0.25) is 5.75 Å². The Bertz CT molecular complexity index is 492. The molecule has 4 nitrogen and oxygen atoms in total. The normalized spacial score (nSPS) is 10.9. The van der Waals surface area contributed by atoms with Gasteiger partial charge in [-0.1, -0.05) is 15.9 Å². The second-order valence-electron chi connectivity index (χ2n) is 2.77. The molecule has 1 aromatic carbocycles. The Morgan fingerprint density at radius 2 is 2.13 bits per heavy atom. The lowest BCUT2D eigenvalue weighted by atomic mass is 10.2. The van der Waals surface area contributed by atoms with Crippen molar-refractivity contribution < 1.29 is 31.0 Å². The molecule has 0 unspecified atom stereocenters. The van der Waals surface area contributed by atoms with Crippen LogP contribution in [0.5, 0.6) is 5.75 Å². The maximum atomic E-state index is 10.6. The molecule has 0 saturated heterocycles. The molecule has 0 bridgehead atoms. The minimum absolute atomic E-state index is 0.344. The average molecular weight is 382 g/mol. The molecule has 0 atom stereocenters. The molecule has 6 heteroatoms. The van der Waals surface area contributed by atoms with Gasteiger partial charge >= 0.3 is 21.1 Å². The van der Waals surface area contributed by atoms with Crippen molar-refractivity contribution in [2.24, 2.45) is 0 Å². The first-order valence-electron chi connectivity index (χ1n) is 3.94. The van der Waals surface area contributed by atoms with Gasteiger partial charge in [0.15, 0.2) is 0 Å². The van der Waals surface area contributed by atoms with Crippen LogP contribution in [0.15, 0.2) is 35.1 Å². The zero-order chi connectivity index (χ0) is 10.8. The smallest absolute Gasteiger partial charge is 0.385 e. The van der Waals surface area contributed by atoms with Crippen LogP contribution in [-0.2, 0) is 0 Å². The van der Waals surface area contributed by atoms with Crippen molar-refractivity contribution in [2.45, 2.75) is 0 Å². The van der Waals surface area contributed by atoms with Crippen molar-refractivity contribution in [1.29, 1.82) is 0 Å². The zero-order valence-electron chi connectivity index (χ0n) is 7.31. The van der Waals surface area contributed by atoms with E-state index in [1.807, 2.05) is 6.07 Å². The number of rotatable bonds is 2. The molecule has 78 valence electrons. The van der Waals surface area contributed by atoms with Crippen LogP contribution in [-0.4, -0.2) is 4.98 Å². The van der Waals surface area contributed by atoms with Crippen molar-refractivity contribution in [2.75, 3.05) is 0 Å². The monoisotopic (exact) mass is 381 g/mol. The molecule has 0 aliphatic rings. The first-order valence-corrected chi connectivity index (χ1v) is 7.37. The van der Waals surface area contributed by atoms with Crippen LogP contribution in [0.4, 0.5) is 0 Å². The van der Waals surface area contributed by atoms with Gasteiger partial charge in [-0.25, -0.2) is 0 Å². The minimum Gasteiger partial charge on any atom is -0.385 e. The molecule has 0 aliphatic carbocycles. The number of nitrogens with zero attached hydrogens (tertiary/aromatic N) is 1. The summed E-state index contributed by atoms with van der Waals surface area (Å²) >= 11 is -0.447. The summed E-state index contributed by atoms with van der Waals surface area (Å²) in [6.45, 7) is 0. The van der Waals surface area contributed by atoms with Gasteiger partial charge in [-0.3, -0.25) is 4.98 Å². The van der Waals surface area contributed by atoms with Gasteiger partial charge in [0.25, 0.3) is 0 Å². The predicted molar refractivity (Wildman–Crippen MR) is 50.1 cm³/mol. The summed E-state index contributed by atoms with van der Waals surface area (Å²) in [5.41, 5.74) is 0. The number of fused-ring (bicyclic) bond motifs is 1. The number of hydrogen-bond donors (Lipinski definition) is 0. The molecule has 15 heavy (non-hydrogen) atoms. The van der Waals surface area contributed by atoms with Crippen molar-refractivity contribution in [3.63, 3.8) is 0 Å². The maximum absolute atomic E-state index is 10.6. The lowest BCUT2D eigenvalue weighted by Crippen LogP contribution is -4.00. The SMILES string of the molecule is [O-][I+2]([O-])Oc1cc(Br)cc2cnccc12. The molecule has 0 fully saturated rings. The van der Waals surface area contributed by atoms with E-state index in [2.05, 4.69) is 20.9 Å². The highest BCUT2D eigenvalue weighted by Crippen LogP contribution is 2.28. The van der Waals surface area contributed by atoms with E-state index < -0.39 is 21.1 Å². The highest BCUT2D eigenvalue weighted by atomic mass is 127. The third kappa shape index (κ3) is 2.57. The van der Waals surface area contributed by atoms with E-state index in [0.29, 0.717) is 5.75 Å². The van der Waals surface area contributed by atoms with Crippen LogP contribution in [0, 0.1) is 0 Å². The van der Waals surface area contributed by atoms with Gasteiger partial charge in [-0.2, -0.15) is 0 Å². The summed E-state index contributed by atoms with van der Waals surface area (Å²) < 4.78 is 26.8. The summed E-state index contributed by atoms with van der Waals surface area (Å²) in [6, 6.07) is 5.20. The van der Waals surface area contributed by atoms with E-state index in [1.165, 1.54) is 0 Å². The molecule has 2 rings (SSSR count). The summed E-state index contributed by atoms with van der Waals surface area (Å²) in [5.74, 6) is 0.344. The van der Waals surface area contributed by atoms with Crippen LogP contribution < -0.4 is 31.0 Å². The minimum atomic E-state index is -3.73. The molecule has 0 N–H and O–H groups in total. The van der Waals surface area contributed by atoms with E-state index >= 15 is 0 Å². The van der Waals surface area contributed by atoms with Gasteiger partial charge in [-0.15, -0.1) is 3.07 Å². The van der Waals surface area contributed by atoms with Gasteiger partial charge in [0.05, 0.1) is 0 Å². The van der Waals surface area contributed by atoms with Gasteiger partial charge in [0.1, 0.15) is 0 Å². The molecule has 2 aromatic rings. The molecular weight excluding hydrogens is 377 g/mol. The zero-order valence-corrected chi connectivity index (χ0v) is 11.1. The predicted octanol–water partition coefficient (Wildman–Crippen LogP) is -2.53. The Labute approximate surface area is 103 Å². The fraction of sp³-hybridized carbons (Fsp3) is 0. The molecule has 0 amide bonds. The van der Waals surface area contributed by atoms with E-state index in [4.69, 9.17) is 3.07 Å². The Kier molecular flexibility index (Phi) is 3.39. The van der Waals surface area contributed by atoms with Gasteiger partial charge in [-0.05, 0) is 12.1 Å². The second kappa shape index (κ2) is 4.60. The van der Waals surface area contributed by atoms with Gasteiger partial charge in [0, 0.05) is 33.7 Å². The standard InChI is InChI=1S/C9H5BrINO3/c10-7-3-6-5-12-2-1-8(6)9(4-7)15-11(13)14/h1-5H. The van der Waals surface area contributed by atoms with E-state index in [-0.39, 0.29) is 0 Å². The van der Waals surface area contributed by atoms with Crippen molar-refractivity contribution >= 4 is 26.7 Å². The average Bonchev–Trinajstić information content (AvgIpc) is 2.16. The number of hydrogen-bond acceptors (Lipinski definition) is 4. The molecular formula is C9H5BrINO3. The van der Waals surface area contributed by atoms with Crippen LogP contribution in [0.1, 0.15) is 0 Å². The Morgan fingerprint density at radius 3 is 2.87 bits per heavy atom. The molecule has 1 heterocycles. The third-order valence-corrected chi connectivity index (χ3v) is 3.12. The summed E-state index contributed by atoms with van der Waals surface area (Å²) in [4.78, 5) is 3.95. The first kappa shape index (κ1) is 11.1. The van der Waals surface area contributed by atoms with E-state index in [0.717, 1.165) is 15.2 Å². The summed E-state index contributed by atoms with van der Waals surface area (Å²) in [7, 11) is 0. The highest BCUT2D eigenvalue weighted by molar-refractivity contribution is 9.10. The van der Waals surface area contributed by atoms with Crippen molar-refractivity contribution in [3.8, 4) is 5.75 Å².